The Balaban J connectivity index is 1.53. The Hall–Kier alpha value is -3.78. The van der Waals surface area contributed by atoms with E-state index in [1.165, 1.54) is 10.9 Å². The lowest BCUT2D eigenvalue weighted by molar-refractivity contribution is 0.963. The molecule has 0 aliphatic rings. The molecule has 3 N–H and O–H groups in total. The van der Waals surface area contributed by atoms with E-state index in [0.29, 0.717) is 12.5 Å². The number of H-pyrrole nitrogens is 1. The summed E-state index contributed by atoms with van der Waals surface area (Å²) >= 11 is 0. The number of fused-ring (bicyclic) bond motifs is 2. The zero-order valence-electron chi connectivity index (χ0n) is 14.7. The van der Waals surface area contributed by atoms with Crippen LogP contribution in [0.3, 0.4) is 0 Å². The lowest BCUT2D eigenvalue weighted by atomic mass is 10.1. The molecule has 4 aromatic rings. The van der Waals surface area contributed by atoms with E-state index in [0.717, 1.165) is 28.4 Å². The maximum atomic E-state index is 9.07. The largest absolute Gasteiger partial charge is 0.361 e. The van der Waals surface area contributed by atoms with Crippen molar-refractivity contribution in [2.24, 2.45) is 4.99 Å². The fourth-order valence-electron chi connectivity index (χ4n) is 3.25. The molecule has 0 saturated heterocycles. The fraction of sp³-hybridized carbons (Fsp3) is 0.0909. The summed E-state index contributed by atoms with van der Waals surface area (Å²) in [6, 6.07) is 22.4. The highest BCUT2D eigenvalue weighted by molar-refractivity contribution is 6.03. The summed E-state index contributed by atoms with van der Waals surface area (Å²) in [4.78, 5) is 7.83. The monoisotopic (exact) mass is 353 g/mol. The molecule has 0 fully saturated rings. The molecular weight excluding hydrogens is 334 g/mol. The van der Waals surface area contributed by atoms with E-state index in [2.05, 4.69) is 44.9 Å². The minimum Gasteiger partial charge on any atom is -0.361 e. The van der Waals surface area contributed by atoms with Crippen molar-refractivity contribution in [2.75, 3.05) is 11.9 Å². The van der Waals surface area contributed by atoms with Gasteiger partial charge in [-0.2, -0.15) is 5.26 Å². The van der Waals surface area contributed by atoms with Gasteiger partial charge in [-0.15, -0.1) is 0 Å². The molecule has 0 spiro atoms. The number of aliphatic imine (C=N–C) groups is 1. The number of benzene rings is 3. The smallest absolute Gasteiger partial charge is 0.209 e. The number of aromatic amines is 1. The summed E-state index contributed by atoms with van der Waals surface area (Å²) in [5, 5.41) is 18.4. The highest BCUT2D eigenvalue weighted by atomic mass is 15.2. The molecule has 0 aliphatic carbocycles. The van der Waals surface area contributed by atoms with Crippen LogP contribution in [0, 0.1) is 11.5 Å². The number of nitriles is 1. The van der Waals surface area contributed by atoms with Crippen molar-refractivity contribution < 1.29 is 0 Å². The zero-order valence-corrected chi connectivity index (χ0v) is 14.7. The third-order valence-electron chi connectivity index (χ3n) is 4.54. The molecule has 132 valence electrons. The van der Waals surface area contributed by atoms with Crippen molar-refractivity contribution in [1.29, 1.82) is 5.26 Å². The van der Waals surface area contributed by atoms with Gasteiger partial charge in [0, 0.05) is 34.7 Å². The fourth-order valence-corrected chi connectivity index (χ4v) is 3.25. The van der Waals surface area contributed by atoms with Crippen molar-refractivity contribution in [1.82, 2.24) is 10.3 Å². The molecule has 0 radical (unpaired) electrons. The molecule has 5 heteroatoms. The number of hydrogen-bond donors (Lipinski definition) is 3. The molecule has 0 saturated carbocycles. The van der Waals surface area contributed by atoms with Gasteiger partial charge in [0.1, 0.15) is 0 Å². The van der Waals surface area contributed by atoms with Crippen LogP contribution in [-0.2, 0) is 6.42 Å². The van der Waals surface area contributed by atoms with Gasteiger partial charge in [-0.25, -0.2) is 0 Å². The molecule has 0 atom stereocenters. The van der Waals surface area contributed by atoms with E-state index in [-0.39, 0.29) is 0 Å². The van der Waals surface area contributed by atoms with Gasteiger partial charge in [-0.1, -0.05) is 54.6 Å². The Morgan fingerprint density at radius 1 is 0.963 bits per heavy atom. The topological polar surface area (TPSA) is 76.0 Å². The number of nitrogens with zero attached hydrogens (tertiary/aromatic N) is 2. The van der Waals surface area contributed by atoms with Gasteiger partial charge < -0.3 is 10.3 Å². The summed E-state index contributed by atoms with van der Waals surface area (Å²) < 4.78 is 0. The molecular formula is C22H19N5. The van der Waals surface area contributed by atoms with Gasteiger partial charge >= 0.3 is 0 Å². The average molecular weight is 353 g/mol. The first-order valence-corrected chi connectivity index (χ1v) is 8.84. The van der Waals surface area contributed by atoms with Crippen molar-refractivity contribution >= 4 is 33.3 Å². The molecule has 0 aliphatic heterocycles. The quantitative estimate of drug-likeness (QED) is 0.220. The third kappa shape index (κ3) is 3.60. The van der Waals surface area contributed by atoms with Crippen molar-refractivity contribution in [2.45, 2.75) is 6.42 Å². The van der Waals surface area contributed by atoms with Crippen LogP contribution in [-0.4, -0.2) is 17.5 Å². The molecule has 5 nitrogen and oxygen atoms in total. The van der Waals surface area contributed by atoms with Crippen LogP contribution in [0.4, 0.5) is 5.69 Å². The Labute approximate surface area is 157 Å². The Morgan fingerprint density at radius 2 is 1.74 bits per heavy atom. The molecule has 27 heavy (non-hydrogen) atoms. The molecule has 1 aromatic heterocycles. The maximum absolute atomic E-state index is 9.07. The summed E-state index contributed by atoms with van der Waals surface area (Å²) in [5.74, 6) is 0.452. The lowest BCUT2D eigenvalue weighted by Crippen LogP contribution is -2.27. The minimum atomic E-state index is 0.452. The van der Waals surface area contributed by atoms with Gasteiger partial charge in [0.05, 0.1) is 0 Å². The van der Waals surface area contributed by atoms with Crippen molar-refractivity contribution in [3.05, 3.63) is 78.5 Å². The van der Waals surface area contributed by atoms with Gasteiger partial charge in [0.2, 0.25) is 5.96 Å². The lowest BCUT2D eigenvalue weighted by Gasteiger charge is -2.11. The van der Waals surface area contributed by atoms with E-state index in [9.17, 15) is 0 Å². The van der Waals surface area contributed by atoms with Crippen LogP contribution in [0.15, 0.2) is 77.9 Å². The normalized spacial score (nSPS) is 11.4. The maximum Gasteiger partial charge on any atom is 0.209 e. The summed E-state index contributed by atoms with van der Waals surface area (Å²) in [7, 11) is 0. The van der Waals surface area contributed by atoms with Crippen LogP contribution in [0.5, 0.6) is 0 Å². The predicted molar refractivity (Wildman–Crippen MR) is 111 cm³/mol. The number of nitrogens with one attached hydrogen (secondary N) is 3. The first kappa shape index (κ1) is 16.7. The summed E-state index contributed by atoms with van der Waals surface area (Å²) in [6.07, 6.45) is 4.77. The van der Waals surface area contributed by atoms with E-state index >= 15 is 0 Å². The average Bonchev–Trinajstić information content (AvgIpc) is 3.12. The van der Waals surface area contributed by atoms with Gasteiger partial charge in [-0.3, -0.25) is 10.3 Å². The van der Waals surface area contributed by atoms with E-state index in [4.69, 9.17) is 5.26 Å². The SMILES string of the molecule is N#CNC(=NCCc1c[nH]c2ccccc12)Nc1cccc2ccccc12. The number of guanidine groups is 1. The van der Waals surface area contributed by atoms with Crippen LogP contribution in [0.25, 0.3) is 21.7 Å². The number of hydrogen-bond acceptors (Lipinski definition) is 2. The van der Waals surface area contributed by atoms with Crippen molar-refractivity contribution in [3.63, 3.8) is 0 Å². The Bertz CT molecular complexity index is 1140. The van der Waals surface area contributed by atoms with Crippen LogP contribution >= 0.6 is 0 Å². The second kappa shape index (κ2) is 7.63. The van der Waals surface area contributed by atoms with Gasteiger partial charge in [0.25, 0.3) is 0 Å². The molecule has 0 unspecified atom stereocenters. The summed E-state index contributed by atoms with van der Waals surface area (Å²) in [6.45, 7) is 0.573. The Morgan fingerprint density at radius 3 is 2.63 bits per heavy atom. The minimum absolute atomic E-state index is 0.452. The number of aromatic nitrogens is 1. The number of para-hydroxylation sites is 1. The highest BCUT2D eigenvalue weighted by Crippen LogP contribution is 2.23. The van der Waals surface area contributed by atoms with Gasteiger partial charge in [0.15, 0.2) is 6.19 Å². The van der Waals surface area contributed by atoms with Crippen LogP contribution in [0.1, 0.15) is 5.56 Å². The van der Waals surface area contributed by atoms with E-state index < -0.39 is 0 Å². The molecule has 0 amide bonds. The van der Waals surface area contributed by atoms with E-state index in [1.807, 2.05) is 54.9 Å². The van der Waals surface area contributed by atoms with Gasteiger partial charge in [-0.05, 0) is 29.5 Å². The van der Waals surface area contributed by atoms with Crippen LogP contribution < -0.4 is 10.6 Å². The molecule has 1 heterocycles. The Kier molecular flexibility index (Phi) is 4.71. The molecule has 3 aromatic carbocycles. The van der Waals surface area contributed by atoms with Crippen LogP contribution in [0.2, 0.25) is 0 Å². The third-order valence-corrected chi connectivity index (χ3v) is 4.54. The summed E-state index contributed by atoms with van der Waals surface area (Å²) in [5.41, 5.74) is 3.26. The first-order chi connectivity index (χ1) is 13.3. The second-order valence-corrected chi connectivity index (χ2v) is 6.23. The first-order valence-electron chi connectivity index (χ1n) is 8.84. The molecule has 0 bridgehead atoms. The zero-order chi connectivity index (χ0) is 18.5. The van der Waals surface area contributed by atoms with Crippen molar-refractivity contribution in [3.8, 4) is 6.19 Å². The predicted octanol–water partition coefficient (Wildman–Crippen LogP) is 4.40. The number of rotatable bonds is 4. The second-order valence-electron chi connectivity index (χ2n) is 6.23. The standard InChI is InChI=1S/C22H19N5/c23-15-26-22(27-21-11-5-7-16-6-1-2-8-18(16)21)24-13-12-17-14-25-20-10-4-3-9-19(17)20/h1-11,14,25H,12-13H2,(H2,24,26,27). The van der Waals surface area contributed by atoms with E-state index in [1.54, 1.807) is 0 Å². The molecule has 4 rings (SSSR count). The number of anilines is 1. The highest BCUT2D eigenvalue weighted by Gasteiger charge is 2.05.